The van der Waals surface area contributed by atoms with Crippen LogP contribution in [0.15, 0.2) is 18.2 Å². The molecule has 1 amide bonds. The van der Waals surface area contributed by atoms with Crippen molar-refractivity contribution in [2.45, 2.75) is 19.0 Å². The average Bonchev–Trinajstić information content (AvgIpc) is 2.32. The summed E-state index contributed by atoms with van der Waals surface area (Å²) in [6, 6.07) is 2.22. The molecule has 0 fully saturated rings. The molecule has 0 aliphatic rings. The van der Waals surface area contributed by atoms with Gasteiger partial charge >= 0.3 is 6.18 Å². The van der Waals surface area contributed by atoms with Gasteiger partial charge in [-0.15, -0.1) is 0 Å². The summed E-state index contributed by atoms with van der Waals surface area (Å²) >= 11 is 0. The number of benzene rings is 1. The predicted molar refractivity (Wildman–Crippen MR) is 59.7 cm³/mol. The van der Waals surface area contributed by atoms with Crippen LogP contribution in [0.5, 0.6) is 0 Å². The summed E-state index contributed by atoms with van der Waals surface area (Å²) in [6.07, 6.45) is -4.93. The van der Waals surface area contributed by atoms with E-state index in [9.17, 15) is 22.4 Å². The van der Waals surface area contributed by atoms with E-state index in [0.717, 1.165) is 12.1 Å². The van der Waals surface area contributed by atoms with Crippen LogP contribution < -0.4 is 5.32 Å². The lowest BCUT2D eigenvalue weighted by molar-refractivity contribution is -0.138. The smallest absolute Gasteiger partial charge is 0.364 e. The first kappa shape index (κ1) is 15.4. The Bertz CT molecular complexity index is 446. The van der Waals surface area contributed by atoms with Crippen molar-refractivity contribution in [2.24, 2.45) is 0 Å². The van der Waals surface area contributed by atoms with Crippen molar-refractivity contribution in [3.8, 4) is 0 Å². The molecule has 0 aliphatic carbocycles. The van der Waals surface area contributed by atoms with Crippen molar-refractivity contribution in [3.05, 3.63) is 35.1 Å². The molecule has 1 aromatic rings. The van der Waals surface area contributed by atoms with Crippen LogP contribution in [0.3, 0.4) is 0 Å². The van der Waals surface area contributed by atoms with Crippen molar-refractivity contribution in [1.29, 1.82) is 0 Å². The van der Waals surface area contributed by atoms with E-state index in [1.807, 2.05) is 0 Å². The molecule has 0 aromatic heterocycles. The standard InChI is InChI=1S/C12H13F4NO2/c1-19-7-17-11(18)5-2-8-6-9(13)3-4-10(8)12(14,15)16/h3-4,6H,2,5,7H2,1H3,(H,17,18). The van der Waals surface area contributed by atoms with Crippen LogP contribution in [-0.2, 0) is 22.1 Å². The summed E-state index contributed by atoms with van der Waals surface area (Å²) in [5.41, 5.74) is -1.16. The number of carbonyl (C=O) groups is 1. The fraction of sp³-hybridized carbons (Fsp3) is 0.417. The fourth-order valence-corrected chi connectivity index (χ4v) is 1.53. The number of methoxy groups -OCH3 is 1. The Morgan fingerprint density at radius 1 is 1.37 bits per heavy atom. The Morgan fingerprint density at radius 3 is 2.63 bits per heavy atom. The maximum absolute atomic E-state index is 13.0. The minimum atomic E-state index is -4.56. The molecule has 1 rings (SSSR count). The minimum absolute atomic E-state index is 0.0197. The van der Waals surface area contributed by atoms with E-state index >= 15 is 0 Å². The van der Waals surface area contributed by atoms with Gasteiger partial charge in [0.2, 0.25) is 5.91 Å². The highest BCUT2D eigenvalue weighted by Gasteiger charge is 2.33. The zero-order valence-electron chi connectivity index (χ0n) is 10.2. The second-order valence-electron chi connectivity index (χ2n) is 3.83. The van der Waals surface area contributed by atoms with E-state index in [-0.39, 0.29) is 25.1 Å². The van der Waals surface area contributed by atoms with E-state index in [4.69, 9.17) is 0 Å². The second-order valence-corrected chi connectivity index (χ2v) is 3.83. The molecule has 0 atom stereocenters. The van der Waals surface area contributed by atoms with Gasteiger partial charge in [0.15, 0.2) is 0 Å². The summed E-state index contributed by atoms with van der Waals surface area (Å²) in [5.74, 6) is -1.22. The third-order valence-corrected chi connectivity index (χ3v) is 2.41. The third-order valence-electron chi connectivity index (χ3n) is 2.41. The van der Waals surface area contributed by atoms with Crippen LogP contribution in [-0.4, -0.2) is 19.7 Å². The average molecular weight is 279 g/mol. The molecule has 0 bridgehead atoms. The number of ether oxygens (including phenoxy) is 1. The zero-order valence-corrected chi connectivity index (χ0v) is 10.2. The van der Waals surface area contributed by atoms with Gasteiger partial charge in [-0.1, -0.05) is 0 Å². The van der Waals surface area contributed by atoms with Crippen molar-refractivity contribution in [1.82, 2.24) is 5.32 Å². The van der Waals surface area contributed by atoms with Gasteiger partial charge in [0.25, 0.3) is 0 Å². The molecule has 106 valence electrons. The normalized spacial score (nSPS) is 11.4. The lowest BCUT2D eigenvalue weighted by Gasteiger charge is -2.12. The number of halogens is 4. The molecule has 3 nitrogen and oxygen atoms in total. The highest BCUT2D eigenvalue weighted by molar-refractivity contribution is 5.76. The molecule has 7 heteroatoms. The lowest BCUT2D eigenvalue weighted by Crippen LogP contribution is -2.25. The Morgan fingerprint density at radius 2 is 2.05 bits per heavy atom. The highest BCUT2D eigenvalue weighted by Crippen LogP contribution is 2.32. The largest absolute Gasteiger partial charge is 0.416 e. The molecule has 0 saturated heterocycles. The number of aryl methyl sites for hydroxylation is 1. The lowest BCUT2D eigenvalue weighted by atomic mass is 10.0. The molecule has 0 unspecified atom stereocenters. The number of amides is 1. The zero-order chi connectivity index (χ0) is 14.5. The van der Waals surface area contributed by atoms with Gasteiger partial charge in [0.1, 0.15) is 12.5 Å². The van der Waals surface area contributed by atoms with E-state index in [1.165, 1.54) is 7.11 Å². The monoisotopic (exact) mass is 279 g/mol. The third kappa shape index (κ3) is 4.86. The molecule has 0 saturated carbocycles. The predicted octanol–water partition coefficient (Wildman–Crippen LogP) is 2.50. The minimum Gasteiger partial charge on any atom is -0.364 e. The maximum atomic E-state index is 13.0. The second kappa shape index (κ2) is 6.51. The van der Waals surface area contributed by atoms with E-state index in [1.54, 1.807) is 0 Å². The van der Waals surface area contributed by atoms with Gasteiger partial charge < -0.3 is 10.1 Å². The molecule has 0 heterocycles. The van der Waals surface area contributed by atoms with Crippen molar-refractivity contribution in [2.75, 3.05) is 13.8 Å². The Labute approximate surface area is 107 Å². The first-order chi connectivity index (χ1) is 8.84. The molecule has 19 heavy (non-hydrogen) atoms. The van der Waals surface area contributed by atoms with Crippen LogP contribution >= 0.6 is 0 Å². The summed E-state index contributed by atoms with van der Waals surface area (Å²) < 4.78 is 55.6. The molecule has 0 spiro atoms. The van der Waals surface area contributed by atoms with E-state index < -0.39 is 23.5 Å². The molecule has 1 aromatic carbocycles. The van der Waals surface area contributed by atoms with Gasteiger partial charge in [-0.2, -0.15) is 13.2 Å². The van der Waals surface area contributed by atoms with Crippen LogP contribution in [0.25, 0.3) is 0 Å². The summed E-state index contributed by atoms with van der Waals surface area (Å²) in [5, 5.41) is 2.34. The molecule has 1 N–H and O–H groups in total. The van der Waals surface area contributed by atoms with Crippen molar-refractivity contribution < 1.29 is 27.1 Å². The topological polar surface area (TPSA) is 38.3 Å². The number of hydrogen-bond acceptors (Lipinski definition) is 2. The number of hydrogen-bond donors (Lipinski definition) is 1. The van der Waals surface area contributed by atoms with Crippen LogP contribution in [0.4, 0.5) is 17.6 Å². The Hall–Kier alpha value is -1.63. The molecule has 0 aliphatic heterocycles. The molecular weight excluding hydrogens is 266 g/mol. The first-order valence-corrected chi connectivity index (χ1v) is 5.46. The number of rotatable bonds is 5. The van der Waals surface area contributed by atoms with Gasteiger partial charge in [-0.05, 0) is 30.2 Å². The van der Waals surface area contributed by atoms with Gasteiger partial charge in [-0.3, -0.25) is 4.79 Å². The highest BCUT2D eigenvalue weighted by atomic mass is 19.4. The van der Waals surface area contributed by atoms with E-state index in [2.05, 4.69) is 10.1 Å². The number of carbonyl (C=O) groups excluding carboxylic acids is 1. The SMILES string of the molecule is COCNC(=O)CCc1cc(F)ccc1C(F)(F)F. The summed E-state index contributed by atoms with van der Waals surface area (Å²) in [6.45, 7) is -0.0197. The first-order valence-electron chi connectivity index (χ1n) is 5.46. The quantitative estimate of drug-likeness (QED) is 0.664. The molecular formula is C12H13F4NO2. The Kier molecular flexibility index (Phi) is 5.29. The van der Waals surface area contributed by atoms with E-state index in [0.29, 0.717) is 6.07 Å². The summed E-state index contributed by atoms with van der Waals surface area (Å²) in [4.78, 5) is 11.3. The van der Waals surface area contributed by atoms with Gasteiger partial charge in [-0.25, -0.2) is 4.39 Å². The number of alkyl halides is 3. The fourth-order valence-electron chi connectivity index (χ4n) is 1.53. The summed E-state index contributed by atoms with van der Waals surface area (Å²) in [7, 11) is 1.37. The Balaban J connectivity index is 2.77. The number of nitrogens with one attached hydrogen (secondary N) is 1. The van der Waals surface area contributed by atoms with Crippen LogP contribution in [0.1, 0.15) is 17.5 Å². The van der Waals surface area contributed by atoms with Crippen molar-refractivity contribution in [3.63, 3.8) is 0 Å². The molecule has 0 radical (unpaired) electrons. The van der Waals surface area contributed by atoms with Gasteiger partial charge in [0.05, 0.1) is 5.56 Å². The van der Waals surface area contributed by atoms with Crippen LogP contribution in [0.2, 0.25) is 0 Å². The maximum Gasteiger partial charge on any atom is 0.416 e. The van der Waals surface area contributed by atoms with Crippen LogP contribution in [0, 0.1) is 5.82 Å². The van der Waals surface area contributed by atoms with Crippen molar-refractivity contribution >= 4 is 5.91 Å². The van der Waals surface area contributed by atoms with Gasteiger partial charge in [0, 0.05) is 13.5 Å².